The van der Waals surface area contributed by atoms with Crippen molar-refractivity contribution in [3.05, 3.63) is 150 Å². The normalized spacial score (nSPS) is 10.3. The highest BCUT2D eigenvalue weighted by Crippen LogP contribution is 2.28. The van der Waals surface area contributed by atoms with Gasteiger partial charge >= 0.3 is 0 Å². The number of nitrogens with zero attached hydrogens (tertiary/aromatic N) is 12. The fourth-order valence-electron chi connectivity index (χ4n) is 4.76. The van der Waals surface area contributed by atoms with Gasteiger partial charge in [0.2, 0.25) is 11.8 Å². The quantitative estimate of drug-likeness (QED) is 0.146. The number of hydrogen-bond donors (Lipinski definition) is 2. The van der Waals surface area contributed by atoms with Crippen LogP contribution in [-0.2, 0) is 0 Å². The number of anilines is 3. The first-order valence-electron chi connectivity index (χ1n) is 16.7. The standard InChI is InChI=1S/C19H17N7O.C15H13ClN4O.C4H5N3/c1-13-4-3-5-18(23-13)26-19(10-14(2)25-26)27-15-6-7-21-16(11-15)24-17-12-20-8-9-22-17;1-10-4-3-5-14(18-10)20-15(8-11(2)19-20)21-12-6-7-17-13(16)9-12;5-4-3-6-1-2-7-4/h3-12H,1-2H3,(H,21,22,24);3-9H,1-2H3;1-3H,(H2,5,7). The summed E-state index contributed by atoms with van der Waals surface area (Å²) in [7, 11) is 0. The molecule has 0 aliphatic heterocycles. The molecule has 8 rings (SSSR count). The van der Waals surface area contributed by atoms with Crippen LogP contribution in [0.3, 0.4) is 0 Å². The van der Waals surface area contributed by atoms with Crippen LogP contribution in [0.15, 0.2) is 122 Å². The molecule has 55 heavy (non-hydrogen) atoms. The summed E-state index contributed by atoms with van der Waals surface area (Å²) in [5.74, 6) is 5.44. The van der Waals surface area contributed by atoms with Crippen LogP contribution in [0, 0.1) is 27.7 Å². The molecule has 0 saturated carbocycles. The zero-order valence-corrected chi connectivity index (χ0v) is 30.9. The van der Waals surface area contributed by atoms with Crippen molar-refractivity contribution in [2.45, 2.75) is 27.7 Å². The first-order valence-corrected chi connectivity index (χ1v) is 17.1. The van der Waals surface area contributed by atoms with Gasteiger partial charge in [0.1, 0.15) is 34.1 Å². The van der Waals surface area contributed by atoms with Gasteiger partial charge in [0, 0.05) is 72.8 Å². The first kappa shape index (κ1) is 37.4. The van der Waals surface area contributed by atoms with Gasteiger partial charge in [0.25, 0.3) is 0 Å². The van der Waals surface area contributed by atoms with Gasteiger partial charge in [-0.1, -0.05) is 23.7 Å². The molecule has 0 aliphatic rings. The molecule has 0 unspecified atom stereocenters. The molecule has 8 aromatic heterocycles. The summed E-state index contributed by atoms with van der Waals surface area (Å²) in [6.45, 7) is 7.68. The van der Waals surface area contributed by atoms with Crippen LogP contribution in [-0.4, -0.2) is 59.4 Å². The highest BCUT2D eigenvalue weighted by molar-refractivity contribution is 6.29. The fraction of sp³-hybridized carbons (Fsp3) is 0.105. The maximum atomic E-state index is 6.05. The SMILES string of the molecule is Cc1cccc(-n2nc(C)cc2Oc2ccnc(Cl)c2)n1.Cc1cccc(-n2nc(C)cc2Oc2ccnc(Nc3cnccn3)c2)n1.Nc1cnccn1. The van der Waals surface area contributed by atoms with Crippen molar-refractivity contribution in [3.8, 4) is 34.9 Å². The molecule has 0 atom stereocenters. The minimum absolute atomic E-state index is 0.379. The summed E-state index contributed by atoms with van der Waals surface area (Å²) in [4.78, 5) is 32.8. The lowest BCUT2D eigenvalue weighted by Gasteiger charge is -2.10. The Labute approximate surface area is 321 Å². The first-order chi connectivity index (χ1) is 26.7. The second kappa shape index (κ2) is 17.9. The molecule has 0 spiro atoms. The Kier molecular flexibility index (Phi) is 12.2. The van der Waals surface area contributed by atoms with E-state index in [-0.39, 0.29) is 0 Å². The predicted octanol–water partition coefficient (Wildman–Crippen LogP) is 7.39. The molecule has 0 fully saturated rings. The van der Waals surface area contributed by atoms with Gasteiger partial charge < -0.3 is 20.5 Å². The van der Waals surface area contributed by atoms with E-state index in [1.807, 2.05) is 76.2 Å². The second-order valence-electron chi connectivity index (χ2n) is 11.6. The molecule has 0 aliphatic carbocycles. The number of hydrogen-bond acceptors (Lipinski definition) is 14. The molecule has 0 saturated heterocycles. The lowest BCUT2D eigenvalue weighted by Crippen LogP contribution is -2.03. The fourth-order valence-corrected chi connectivity index (χ4v) is 4.92. The predicted molar refractivity (Wildman–Crippen MR) is 207 cm³/mol. The van der Waals surface area contributed by atoms with Gasteiger partial charge in [0.05, 0.1) is 23.8 Å². The monoisotopic (exact) mass is 754 g/mol. The Hall–Kier alpha value is -7.33. The number of pyridine rings is 4. The van der Waals surface area contributed by atoms with E-state index >= 15 is 0 Å². The van der Waals surface area contributed by atoms with Gasteiger partial charge in [-0.2, -0.15) is 19.6 Å². The summed E-state index contributed by atoms with van der Waals surface area (Å²) in [5.41, 5.74) is 8.68. The zero-order chi connectivity index (χ0) is 38.6. The number of nitrogens with two attached hydrogens (primary N) is 1. The van der Waals surface area contributed by atoms with Crippen molar-refractivity contribution < 1.29 is 9.47 Å². The Morgan fingerprint density at radius 3 is 1.60 bits per heavy atom. The van der Waals surface area contributed by atoms with Gasteiger partial charge in [-0.15, -0.1) is 0 Å². The molecule has 0 aromatic carbocycles. The van der Waals surface area contributed by atoms with Crippen LogP contribution in [0.5, 0.6) is 23.3 Å². The van der Waals surface area contributed by atoms with Crippen molar-refractivity contribution >= 4 is 29.1 Å². The van der Waals surface area contributed by atoms with Crippen LogP contribution in [0.1, 0.15) is 22.8 Å². The van der Waals surface area contributed by atoms with E-state index in [9.17, 15) is 0 Å². The van der Waals surface area contributed by atoms with Crippen LogP contribution in [0.4, 0.5) is 17.5 Å². The molecule has 0 bridgehead atoms. The van der Waals surface area contributed by atoms with Crippen molar-refractivity contribution in [3.63, 3.8) is 0 Å². The lowest BCUT2D eigenvalue weighted by atomic mass is 10.4. The Morgan fingerprint density at radius 1 is 0.564 bits per heavy atom. The number of rotatable bonds is 8. The molecule has 0 radical (unpaired) electrons. The van der Waals surface area contributed by atoms with Gasteiger partial charge in [-0.3, -0.25) is 9.97 Å². The molecule has 16 nitrogen and oxygen atoms in total. The third kappa shape index (κ3) is 10.8. The smallest absolute Gasteiger partial charge is 0.224 e. The van der Waals surface area contributed by atoms with Crippen LogP contribution in [0.25, 0.3) is 11.6 Å². The van der Waals surface area contributed by atoms with E-state index in [1.54, 1.807) is 77.0 Å². The number of ether oxygens (including phenoxy) is 2. The Morgan fingerprint density at radius 2 is 1.11 bits per heavy atom. The average Bonchev–Trinajstić information content (AvgIpc) is 3.73. The molecular formula is C38H35ClN14O2. The lowest BCUT2D eigenvalue weighted by molar-refractivity contribution is 0.442. The summed E-state index contributed by atoms with van der Waals surface area (Å²) in [6, 6.07) is 22.2. The van der Waals surface area contributed by atoms with E-state index in [1.165, 1.54) is 6.20 Å². The summed E-state index contributed by atoms with van der Waals surface area (Å²) < 4.78 is 15.2. The topological polar surface area (TPSA) is 195 Å². The number of nitrogen functional groups attached to an aromatic ring is 1. The summed E-state index contributed by atoms with van der Waals surface area (Å²) >= 11 is 5.87. The van der Waals surface area contributed by atoms with Crippen LogP contribution < -0.4 is 20.5 Å². The maximum Gasteiger partial charge on any atom is 0.224 e. The number of halogens is 1. The van der Waals surface area contributed by atoms with Crippen molar-refractivity contribution in [1.82, 2.24) is 59.4 Å². The Bertz CT molecular complexity index is 2460. The number of nitrogens with one attached hydrogen (secondary N) is 1. The van der Waals surface area contributed by atoms with Crippen molar-refractivity contribution in [2.24, 2.45) is 0 Å². The molecule has 8 aromatic rings. The van der Waals surface area contributed by atoms with E-state index < -0.39 is 0 Å². The Balaban J connectivity index is 0.000000162. The number of aryl methyl sites for hydroxylation is 4. The highest BCUT2D eigenvalue weighted by atomic mass is 35.5. The van der Waals surface area contributed by atoms with Crippen LogP contribution in [0.2, 0.25) is 5.15 Å². The van der Waals surface area contributed by atoms with Gasteiger partial charge in [0.15, 0.2) is 11.6 Å². The van der Waals surface area contributed by atoms with E-state index in [0.29, 0.717) is 57.5 Å². The third-order valence-corrected chi connectivity index (χ3v) is 7.26. The van der Waals surface area contributed by atoms with Crippen molar-refractivity contribution in [2.75, 3.05) is 11.1 Å². The zero-order valence-electron chi connectivity index (χ0n) is 30.2. The van der Waals surface area contributed by atoms with E-state index in [4.69, 9.17) is 26.8 Å². The van der Waals surface area contributed by atoms with E-state index in [2.05, 4.69) is 55.4 Å². The molecule has 8 heterocycles. The molecule has 276 valence electrons. The molecule has 17 heteroatoms. The minimum atomic E-state index is 0.379. The largest absolute Gasteiger partial charge is 0.439 e. The average molecular weight is 755 g/mol. The van der Waals surface area contributed by atoms with Gasteiger partial charge in [-0.05, 0) is 64.1 Å². The minimum Gasteiger partial charge on any atom is -0.439 e. The van der Waals surface area contributed by atoms with Crippen molar-refractivity contribution in [1.29, 1.82) is 0 Å². The molecular weight excluding hydrogens is 720 g/mol. The highest BCUT2D eigenvalue weighted by Gasteiger charge is 2.13. The summed E-state index contributed by atoms with van der Waals surface area (Å²) in [6.07, 6.45) is 12.7. The number of aromatic nitrogens is 12. The third-order valence-electron chi connectivity index (χ3n) is 7.06. The molecule has 3 N–H and O–H groups in total. The van der Waals surface area contributed by atoms with Gasteiger partial charge in [-0.25, -0.2) is 29.9 Å². The van der Waals surface area contributed by atoms with Crippen LogP contribution >= 0.6 is 11.6 Å². The maximum absolute atomic E-state index is 6.05. The van der Waals surface area contributed by atoms with E-state index in [0.717, 1.165) is 22.8 Å². The summed E-state index contributed by atoms with van der Waals surface area (Å²) in [5, 5.41) is 12.4. The molecule has 0 amide bonds. The second-order valence-corrected chi connectivity index (χ2v) is 12.0.